The lowest BCUT2D eigenvalue weighted by molar-refractivity contribution is 0.0803. The molecule has 0 aliphatic rings. The molecule has 0 saturated carbocycles. The molecule has 2 aromatic rings. The van der Waals surface area contributed by atoms with Crippen molar-refractivity contribution in [2.24, 2.45) is 0 Å². The van der Waals surface area contributed by atoms with Gasteiger partial charge in [0, 0.05) is 37.8 Å². The van der Waals surface area contributed by atoms with Crippen molar-refractivity contribution < 1.29 is 13.2 Å². The molecule has 0 aliphatic heterocycles. The molecule has 122 valence electrons. The van der Waals surface area contributed by atoms with Gasteiger partial charge in [-0.3, -0.25) is 9.78 Å². The molecule has 6 heteroatoms. The standard InChI is InChI=1S/C17H20N2O3S/c1-13-5-4-6-14(9-13)15-10-16(12-18-11-15)17(20)19(2)7-8-23(3,21)22/h4-6,9-12H,7-8H2,1-3H3. The van der Waals surface area contributed by atoms with E-state index in [1.807, 2.05) is 31.2 Å². The fourth-order valence-corrected chi connectivity index (χ4v) is 2.77. The molecule has 0 radical (unpaired) electrons. The molecule has 0 aliphatic carbocycles. The van der Waals surface area contributed by atoms with Crippen LogP contribution in [0.4, 0.5) is 0 Å². The molecule has 0 N–H and O–H groups in total. The maximum Gasteiger partial charge on any atom is 0.255 e. The number of amides is 1. The molecule has 0 spiro atoms. The van der Waals surface area contributed by atoms with E-state index in [9.17, 15) is 13.2 Å². The summed E-state index contributed by atoms with van der Waals surface area (Å²) in [5, 5.41) is 0. The second-order valence-electron chi connectivity index (χ2n) is 5.69. The van der Waals surface area contributed by atoms with Crippen molar-refractivity contribution in [3.63, 3.8) is 0 Å². The van der Waals surface area contributed by atoms with Gasteiger partial charge in [-0.05, 0) is 18.6 Å². The van der Waals surface area contributed by atoms with Gasteiger partial charge < -0.3 is 4.90 Å². The van der Waals surface area contributed by atoms with E-state index in [2.05, 4.69) is 4.98 Å². The van der Waals surface area contributed by atoms with Crippen LogP contribution in [0.3, 0.4) is 0 Å². The van der Waals surface area contributed by atoms with Crippen LogP contribution in [0, 0.1) is 6.92 Å². The van der Waals surface area contributed by atoms with Crippen LogP contribution >= 0.6 is 0 Å². The normalized spacial score (nSPS) is 11.3. The largest absolute Gasteiger partial charge is 0.341 e. The van der Waals surface area contributed by atoms with Crippen LogP contribution in [-0.4, -0.2) is 49.8 Å². The van der Waals surface area contributed by atoms with Gasteiger partial charge in [-0.25, -0.2) is 8.42 Å². The Balaban J connectivity index is 2.20. The molecule has 23 heavy (non-hydrogen) atoms. The number of hydrogen-bond donors (Lipinski definition) is 0. The molecule has 0 fully saturated rings. The van der Waals surface area contributed by atoms with E-state index in [4.69, 9.17) is 0 Å². The fraction of sp³-hybridized carbons (Fsp3) is 0.294. The molecular formula is C17H20N2O3S. The second kappa shape index (κ2) is 6.91. The molecule has 0 saturated heterocycles. The molecule has 1 heterocycles. The van der Waals surface area contributed by atoms with Gasteiger partial charge >= 0.3 is 0 Å². The number of hydrogen-bond acceptors (Lipinski definition) is 4. The van der Waals surface area contributed by atoms with Gasteiger partial charge in [0.15, 0.2) is 0 Å². The zero-order chi connectivity index (χ0) is 17.0. The minimum absolute atomic E-state index is 0.0553. The molecule has 5 nitrogen and oxygen atoms in total. The third kappa shape index (κ3) is 4.89. The van der Waals surface area contributed by atoms with E-state index in [-0.39, 0.29) is 18.2 Å². The third-order valence-electron chi connectivity index (χ3n) is 3.48. The SMILES string of the molecule is Cc1cccc(-c2cncc(C(=O)N(C)CCS(C)(=O)=O)c2)c1. The van der Waals surface area contributed by atoms with E-state index in [1.165, 1.54) is 11.1 Å². The minimum atomic E-state index is -3.10. The molecule has 0 unspecified atom stereocenters. The highest BCUT2D eigenvalue weighted by molar-refractivity contribution is 7.90. The first-order chi connectivity index (χ1) is 10.8. The second-order valence-corrected chi connectivity index (χ2v) is 7.95. The van der Waals surface area contributed by atoms with Crippen molar-refractivity contribution in [3.8, 4) is 11.1 Å². The first kappa shape index (κ1) is 17.1. The average molecular weight is 332 g/mol. The quantitative estimate of drug-likeness (QED) is 0.841. The average Bonchev–Trinajstić information content (AvgIpc) is 2.51. The lowest BCUT2D eigenvalue weighted by Crippen LogP contribution is -2.31. The summed E-state index contributed by atoms with van der Waals surface area (Å²) >= 11 is 0. The number of rotatable bonds is 5. The summed E-state index contributed by atoms with van der Waals surface area (Å²) in [4.78, 5) is 17.9. The lowest BCUT2D eigenvalue weighted by Gasteiger charge is -2.16. The first-order valence-corrected chi connectivity index (χ1v) is 9.27. The summed E-state index contributed by atoms with van der Waals surface area (Å²) in [5.41, 5.74) is 3.42. The molecule has 2 rings (SSSR count). The highest BCUT2D eigenvalue weighted by atomic mass is 32.2. The van der Waals surface area contributed by atoms with Crippen LogP contribution in [0.25, 0.3) is 11.1 Å². The number of pyridine rings is 1. The third-order valence-corrected chi connectivity index (χ3v) is 4.40. The van der Waals surface area contributed by atoms with Crippen LogP contribution < -0.4 is 0 Å². The summed E-state index contributed by atoms with van der Waals surface area (Å²) in [6.45, 7) is 2.16. The summed E-state index contributed by atoms with van der Waals surface area (Å²) in [7, 11) is -1.51. The number of carbonyl (C=O) groups excluding carboxylic acids is 1. The summed E-state index contributed by atoms with van der Waals surface area (Å²) in [5.74, 6) is -0.295. The van der Waals surface area contributed by atoms with Crippen molar-refractivity contribution >= 4 is 15.7 Å². The van der Waals surface area contributed by atoms with Gasteiger partial charge in [-0.1, -0.05) is 29.8 Å². The molecule has 1 aromatic heterocycles. The van der Waals surface area contributed by atoms with E-state index in [0.29, 0.717) is 5.56 Å². The molecule has 1 aromatic carbocycles. The van der Waals surface area contributed by atoms with Gasteiger partial charge in [0.2, 0.25) is 0 Å². The molecule has 0 atom stereocenters. The Morgan fingerprint density at radius 1 is 1.17 bits per heavy atom. The topological polar surface area (TPSA) is 67.3 Å². The summed E-state index contributed by atoms with van der Waals surface area (Å²) in [6, 6.07) is 9.73. The van der Waals surface area contributed by atoms with Crippen LogP contribution in [0.15, 0.2) is 42.7 Å². The van der Waals surface area contributed by atoms with Crippen molar-refractivity contribution in [3.05, 3.63) is 53.9 Å². The van der Waals surface area contributed by atoms with Crippen molar-refractivity contribution in [2.45, 2.75) is 6.92 Å². The summed E-state index contributed by atoms with van der Waals surface area (Å²) in [6.07, 6.45) is 4.37. The number of benzene rings is 1. The maximum absolute atomic E-state index is 12.4. The van der Waals surface area contributed by atoms with Gasteiger partial charge in [0.1, 0.15) is 9.84 Å². The smallest absolute Gasteiger partial charge is 0.255 e. The van der Waals surface area contributed by atoms with Crippen LogP contribution in [0.5, 0.6) is 0 Å². The van der Waals surface area contributed by atoms with Gasteiger partial charge in [-0.2, -0.15) is 0 Å². The highest BCUT2D eigenvalue weighted by Crippen LogP contribution is 2.20. The minimum Gasteiger partial charge on any atom is -0.341 e. The Labute approximate surface area is 136 Å². The Hall–Kier alpha value is -2.21. The Bertz CT molecular complexity index is 816. The van der Waals surface area contributed by atoms with Crippen molar-refractivity contribution in [1.29, 1.82) is 0 Å². The van der Waals surface area contributed by atoms with Gasteiger partial charge in [-0.15, -0.1) is 0 Å². The van der Waals surface area contributed by atoms with Gasteiger partial charge in [0.25, 0.3) is 5.91 Å². The van der Waals surface area contributed by atoms with Crippen molar-refractivity contribution in [2.75, 3.05) is 25.6 Å². The molecular weight excluding hydrogens is 312 g/mol. The van der Waals surface area contributed by atoms with E-state index >= 15 is 0 Å². The Morgan fingerprint density at radius 2 is 1.91 bits per heavy atom. The van der Waals surface area contributed by atoms with E-state index < -0.39 is 9.84 Å². The predicted molar refractivity (Wildman–Crippen MR) is 91.1 cm³/mol. The van der Waals surface area contributed by atoms with Gasteiger partial charge in [0.05, 0.1) is 11.3 Å². The predicted octanol–water partition coefficient (Wildman–Crippen LogP) is 2.17. The first-order valence-electron chi connectivity index (χ1n) is 7.21. The highest BCUT2D eigenvalue weighted by Gasteiger charge is 2.15. The monoisotopic (exact) mass is 332 g/mol. The Kier molecular flexibility index (Phi) is 5.15. The zero-order valence-electron chi connectivity index (χ0n) is 13.5. The zero-order valence-corrected chi connectivity index (χ0v) is 14.3. The van der Waals surface area contributed by atoms with Crippen LogP contribution in [0.1, 0.15) is 15.9 Å². The number of sulfone groups is 1. The fourth-order valence-electron chi connectivity index (χ4n) is 2.16. The molecule has 0 bridgehead atoms. The number of aromatic nitrogens is 1. The number of nitrogens with zero attached hydrogens (tertiary/aromatic N) is 2. The lowest BCUT2D eigenvalue weighted by atomic mass is 10.0. The number of aryl methyl sites for hydroxylation is 1. The van der Waals surface area contributed by atoms with Crippen LogP contribution in [-0.2, 0) is 9.84 Å². The van der Waals surface area contributed by atoms with Crippen LogP contribution in [0.2, 0.25) is 0 Å². The van der Waals surface area contributed by atoms with E-state index in [0.717, 1.165) is 22.9 Å². The molecule has 1 amide bonds. The van der Waals surface area contributed by atoms with Crippen molar-refractivity contribution in [1.82, 2.24) is 9.88 Å². The number of carbonyl (C=O) groups is 1. The summed E-state index contributed by atoms with van der Waals surface area (Å²) < 4.78 is 22.4. The van der Waals surface area contributed by atoms with E-state index in [1.54, 1.807) is 19.3 Å². The maximum atomic E-state index is 12.4. The Morgan fingerprint density at radius 3 is 2.57 bits per heavy atom.